The van der Waals surface area contributed by atoms with Crippen LogP contribution in [0.5, 0.6) is 0 Å². The smallest absolute Gasteiger partial charge is 0.166 e. The number of hydrogen-bond acceptors (Lipinski definition) is 0. The van der Waals surface area contributed by atoms with Crippen LogP contribution in [-0.4, -0.2) is 0 Å². The molecule has 1 rings (SSSR count). The second-order valence-electron chi connectivity index (χ2n) is 6.52. The largest absolute Gasteiger partial charge is 0.416 e. The Morgan fingerprint density at radius 2 is 1.22 bits per heavy atom. The zero-order valence-corrected chi connectivity index (χ0v) is 14.6. The molecule has 0 saturated heterocycles. The Kier molecular flexibility index (Phi) is 9.35. The Balaban J connectivity index is 2.62. The topological polar surface area (TPSA) is 0 Å². The molecule has 1 unspecified atom stereocenters. The summed E-state index contributed by atoms with van der Waals surface area (Å²) in [7, 11) is 0. The van der Waals surface area contributed by atoms with E-state index in [0.717, 1.165) is 24.8 Å². The van der Waals surface area contributed by atoms with E-state index in [1.807, 2.05) is 0 Å². The summed E-state index contributed by atoms with van der Waals surface area (Å²) in [4.78, 5) is 0. The van der Waals surface area contributed by atoms with Crippen LogP contribution in [-0.2, 0) is 6.18 Å². The molecule has 1 atom stereocenters. The van der Waals surface area contributed by atoms with Gasteiger partial charge in [0.15, 0.2) is 0 Å². The van der Waals surface area contributed by atoms with Crippen molar-refractivity contribution in [3.05, 3.63) is 35.4 Å². The van der Waals surface area contributed by atoms with Crippen molar-refractivity contribution in [2.75, 3.05) is 0 Å². The van der Waals surface area contributed by atoms with E-state index in [2.05, 4.69) is 13.8 Å². The van der Waals surface area contributed by atoms with Gasteiger partial charge in [-0.15, -0.1) is 0 Å². The maximum absolute atomic E-state index is 12.7. The third-order valence-corrected chi connectivity index (χ3v) is 4.52. The molecular weight excluding hydrogens is 297 g/mol. The number of benzene rings is 1. The second-order valence-corrected chi connectivity index (χ2v) is 6.52. The van der Waals surface area contributed by atoms with Crippen molar-refractivity contribution in [1.82, 2.24) is 0 Å². The van der Waals surface area contributed by atoms with E-state index in [0.29, 0.717) is 5.92 Å². The van der Waals surface area contributed by atoms with Crippen LogP contribution in [0.25, 0.3) is 0 Å². The van der Waals surface area contributed by atoms with Crippen LogP contribution < -0.4 is 0 Å². The Hall–Kier alpha value is -0.990. The van der Waals surface area contributed by atoms with Crippen molar-refractivity contribution in [2.45, 2.75) is 90.1 Å². The second kappa shape index (κ2) is 10.7. The van der Waals surface area contributed by atoms with Crippen LogP contribution >= 0.6 is 0 Å². The van der Waals surface area contributed by atoms with Gasteiger partial charge in [-0.25, -0.2) is 0 Å². The number of rotatable bonds is 11. The van der Waals surface area contributed by atoms with Crippen molar-refractivity contribution in [3.8, 4) is 0 Å². The summed E-state index contributed by atoms with van der Waals surface area (Å²) in [6.45, 7) is 4.38. The monoisotopic (exact) mass is 328 g/mol. The lowest BCUT2D eigenvalue weighted by atomic mass is 9.88. The Morgan fingerprint density at radius 3 is 1.74 bits per heavy atom. The van der Waals surface area contributed by atoms with Crippen molar-refractivity contribution >= 4 is 0 Å². The molecule has 0 aromatic heterocycles. The predicted molar refractivity (Wildman–Crippen MR) is 91.7 cm³/mol. The van der Waals surface area contributed by atoms with Gasteiger partial charge in [0.25, 0.3) is 0 Å². The molecule has 0 aliphatic rings. The van der Waals surface area contributed by atoms with Crippen molar-refractivity contribution in [1.29, 1.82) is 0 Å². The highest BCUT2D eigenvalue weighted by molar-refractivity contribution is 5.27. The first kappa shape index (κ1) is 20.1. The standard InChI is InChI=1S/C20H31F3/c1-3-5-7-8-10-12-17(11-9-6-4-2)18-13-15-19(16-14-18)20(21,22)23/h13-17H,3-12H2,1-2H3. The molecular formula is C20H31F3. The lowest BCUT2D eigenvalue weighted by molar-refractivity contribution is -0.137. The number of halogens is 3. The van der Waals surface area contributed by atoms with Crippen LogP contribution in [0.3, 0.4) is 0 Å². The van der Waals surface area contributed by atoms with E-state index in [1.54, 1.807) is 12.1 Å². The molecule has 0 fully saturated rings. The summed E-state index contributed by atoms with van der Waals surface area (Å²) < 4.78 is 38.1. The minimum atomic E-state index is -4.24. The molecule has 3 heteroatoms. The summed E-state index contributed by atoms with van der Waals surface area (Å²) in [5.41, 5.74) is 0.529. The molecule has 0 spiro atoms. The average Bonchev–Trinajstić information content (AvgIpc) is 2.52. The molecule has 0 N–H and O–H groups in total. The van der Waals surface area contributed by atoms with Gasteiger partial charge in [0.05, 0.1) is 5.56 Å². The van der Waals surface area contributed by atoms with Crippen LogP contribution in [0.15, 0.2) is 24.3 Å². The molecule has 0 bridgehead atoms. The quantitative estimate of drug-likeness (QED) is 0.364. The van der Waals surface area contributed by atoms with E-state index >= 15 is 0 Å². The zero-order valence-electron chi connectivity index (χ0n) is 14.6. The summed E-state index contributed by atoms with van der Waals surface area (Å²) in [6.07, 6.45) is 7.68. The Labute approximate surface area is 139 Å². The van der Waals surface area contributed by atoms with Crippen LogP contribution in [0.4, 0.5) is 13.2 Å². The molecule has 0 aliphatic carbocycles. The minimum absolute atomic E-state index is 0.408. The molecule has 0 radical (unpaired) electrons. The third kappa shape index (κ3) is 7.90. The van der Waals surface area contributed by atoms with Crippen LogP contribution in [0, 0.1) is 0 Å². The molecule has 1 aromatic rings. The molecule has 23 heavy (non-hydrogen) atoms. The highest BCUT2D eigenvalue weighted by atomic mass is 19.4. The van der Waals surface area contributed by atoms with Crippen molar-refractivity contribution in [3.63, 3.8) is 0 Å². The van der Waals surface area contributed by atoms with Gasteiger partial charge in [0, 0.05) is 0 Å². The maximum atomic E-state index is 12.7. The molecule has 132 valence electrons. The maximum Gasteiger partial charge on any atom is 0.416 e. The summed E-state index contributed by atoms with van der Waals surface area (Å²) in [5.74, 6) is 0.408. The average molecular weight is 328 g/mol. The molecule has 0 heterocycles. The van der Waals surface area contributed by atoms with Gasteiger partial charge in [-0.2, -0.15) is 13.2 Å². The zero-order chi connectivity index (χ0) is 17.1. The third-order valence-electron chi connectivity index (χ3n) is 4.52. The van der Waals surface area contributed by atoms with Crippen LogP contribution in [0.1, 0.15) is 95.1 Å². The summed E-state index contributed by atoms with van der Waals surface area (Å²) in [5, 5.41) is 0. The molecule has 1 aromatic carbocycles. The molecule has 0 saturated carbocycles. The molecule has 0 amide bonds. The van der Waals surface area contributed by atoms with Crippen molar-refractivity contribution < 1.29 is 13.2 Å². The number of hydrogen-bond donors (Lipinski definition) is 0. The number of unbranched alkanes of at least 4 members (excludes halogenated alkanes) is 6. The SMILES string of the molecule is CCCCCCCC(CCCCC)c1ccc(C(F)(F)F)cc1. The van der Waals surface area contributed by atoms with E-state index in [1.165, 1.54) is 57.1 Å². The van der Waals surface area contributed by atoms with Crippen molar-refractivity contribution in [2.24, 2.45) is 0 Å². The lowest BCUT2D eigenvalue weighted by Gasteiger charge is -2.18. The lowest BCUT2D eigenvalue weighted by Crippen LogP contribution is -2.06. The summed E-state index contributed by atoms with van der Waals surface area (Å²) in [6, 6.07) is 5.84. The first-order valence-electron chi connectivity index (χ1n) is 9.16. The van der Waals surface area contributed by atoms with Crippen LogP contribution in [0.2, 0.25) is 0 Å². The fourth-order valence-electron chi connectivity index (χ4n) is 3.06. The predicted octanol–water partition coefficient (Wildman–Crippen LogP) is 7.73. The van der Waals surface area contributed by atoms with Gasteiger partial charge >= 0.3 is 6.18 Å². The fraction of sp³-hybridized carbons (Fsp3) is 0.700. The van der Waals surface area contributed by atoms with E-state index in [4.69, 9.17) is 0 Å². The van der Waals surface area contributed by atoms with Gasteiger partial charge in [0.2, 0.25) is 0 Å². The molecule has 0 aliphatic heterocycles. The molecule has 0 nitrogen and oxygen atoms in total. The normalized spacial score (nSPS) is 13.3. The van der Waals surface area contributed by atoms with Gasteiger partial charge < -0.3 is 0 Å². The first-order valence-corrected chi connectivity index (χ1v) is 9.16. The summed E-state index contributed by atoms with van der Waals surface area (Å²) >= 11 is 0. The highest BCUT2D eigenvalue weighted by Crippen LogP contribution is 2.33. The van der Waals surface area contributed by atoms with Gasteiger partial charge in [-0.05, 0) is 36.5 Å². The Bertz CT molecular complexity index is 406. The minimum Gasteiger partial charge on any atom is -0.166 e. The van der Waals surface area contributed by atoms with Gasteiger partial charge in [0.1, 0.15) is 0 Å². The Morgan fingerprint density at radius 1 is 0.739 bits per heavy atom. The first-order chi connectivity index (χ1) is 11.0. The fourth-order valence-corrected chi connectivity index (χ4v) is 3.06. The number of alkyl halides is 3. The van der Waals surface area contributed by atoms with E-state index < -0.39 is 11.7 Å². The van der Waals surface area contributed by atoms with E-state index in [9.17, 15) is 13.2 Å². The van der Waals surface area contributed by atoms with E-state index in [-0.39, 0.29) is 0 Å². The van der Waals surface area contributed by atoms with Gasteiger partial charge in [-0.3, -0.25) is 0 Å². The van der Waals surface area contributed by atoms with Gasteiger partial charge in [-0.1, -0.05) is 77.3 Å². The highest BCUT2D eigenvalue weighted by Gasteiger charge is 2.30.